The predicted octanol–water partition coefficient (Wildman–Crippen LogP) is 5.07. The van der Waals surface area contributed by atoms with Crippen molar-refractivity contribution < 1.29 is 38.4 Å². The van der Waals surface area contributed by atoms with E-state index >= 15 is 0 Å². The number of nitrogens with zero attached hydrogens (tertiary/aromatic N) is 5. The highest BCUT2D eigenvalue weighted by Gasteiger charge is 2.20. The Kier molecular flexibility index (Phi) is 12.5. The largest absolute Gasteiger partial charge is 0.494 e. The van der Waals surface area contributed by atoms with Gasteiger partial charge >= 0.3 is 11.9 Å². The molecule has 0 radical (unpaired) electrons. The molecule has 0 saturated heterocycles. The van der Waals surface area contributed by atoms with Crippen molar-refractivity contribution in [1.82, 2.24) is 4.98 Å². The number of amides is 1. The molecular formula is C33H34N6O8. The SMILES string of the molecule is COC(=O)c1ccc2c(C(=Nc3ccc(N(C)C(=O)COC(=O)CCOCCOCCN=[N+]=[N-])cc3)c3ccccc3)c(O)[nH]c2c1. The number of H-pyrrole nitrogens is 1. The zero-order valence-electron chi connectivity index (χ0n) is 25.9. The number of anilines is 1. The fourth-order valence-corrected chi connectivity index (χ4v) is 4.49. The molecule has 0 unspecified atom stereocenters. The van der Waals surface area contributed by atoms with Gasteiger partial charge in [0, 0.05) is 40.7 Å². The number of methoxy groups -OCH3 is 1. The molecule has 4 aromatic rings. The summed E-state index contributed by atoms with van der Waals surface area (Å²) in [6, 6.07) is 21.2. The van der Waals surface area contributed by atoms with Gasteiger partial charge in [-0.25, -0.2) is 9.79 Å². The molecule has 0 bridgehead atoms. The van der Waals surface area contributed by atoms with E-state index in [4.69, 9.17) is 29.5 Å². The van der Waals surface area contributed by atoms with Crippen LogP contribution in [0.15, 0.2) is 82.9 Å². The number of nitrogens with one attached hydrogen (secondary N) is 1. The molecule has 14 nitrogen and oxygen atoms in total. The molecule has 1 heterocycles. The van der Waals surface area contributed by atoms with Gasteiger partial charge in [0.05, 0.1) is 62.5 Å². The quantitative estimate of drug-likeness (QED) is 0.0423. The Morgan fingerprint density at radius 1 is 0.936 bits per heavy atom. The third-order valence-corrected chi connectivity index (χ3v) is 6.91. The van der Waals surface area contributed by atoms with Crippen molar-refractivity contribution in [3.8, 4) is 5.88 Å². The zero-order valence-corrected chi connectivity index (χ0v) is 25.9. The molecule has 0 fully saturated rings. The Bertz CT molecular complexity index is 1770. The molecule has 0 aliphatic heterocycles. The van der Waals surface area contributed by atoms with Crippen molar-refractivity contribution in [3.05, 3.63) is 99.9 Å². The Hall–Kier alpha value is -5.69. The third kappa shape index (κ3) is 9.41. The van der Waals surface area contributed by atoms with Crippen LogP contribution < -0.4 is 4.90 Å². The average molecular weight is 643 g/mol. The number of aromatic hydroxyl groups is 1. The topological polar surface area (TPSA) is 189 Å². The summed E-state index contributed by atoms with van der Waals surface area (Å²) in [5, 5.41) is 15.0. The molecule has 1 aromatic heterocycles. The molecule has 14 heteroatoms. The Balaban J connectivity index is 1.39. The highest BCUT2D eigenvalue weighted by Crippen LogP contribution is 2.32. The maximum Gasteiger partial charge on any atom is 0.337 e. The first-order chi connectivity index (χ1) is 22.8. The minimum atomic E-state index is -0.573. The fourth-order valence-electron chi connectivity index (χ4n) is 4.49. The third-order valence-electron chi connectivity index (χ3n) is 6.91. The van der Waals surface area contributed by atoms with Crippen LogP contribution in [-0.2, 0) is 28.5 Å². The summed E-state index contributed by atoms with van der Waals surface area (Å²) in [5.41, 5.74) is 11.9. The van der Waals surface area contributed by atoms with Crippen LogP contribution in [0.3, 0.4) is 0 Å². The first-order valence-electron chi connectivity index (χ1n) is 14.6. The van der Waals surface area contributed by atoms with Crippen molar-refractivity contribution in [2.24, 2.45) is 10.1 Å². The number of hydrogen-bond acceptors (Lipinski definition) is 10. The van der Waals surface area contributed by atoms with Crippen LogP contribution in [0.1, 0.15) is 27.9 Å². The monoisotopic (exact) mass is 642 g/mol. The van der Waals surface area contributed by atoms with E-state index in [0.717, 1.165) is 5.56 Å². The standard InChI is InChI=1S/C33H34N6O8/c1-39(28(40)21-47-29(41)14-16-45-18-19-46-17-15-35-38-34)25-11-9-24(10-12-25)36-31(22-6-4-3-5-7-22)30-26-13-8-23(33(43)44-2)20-27(26)37-32(30)42/h3-13,20,37,42H,14-19,21H2,1-2H3. The summed E-state index contributed by atoms with van der Waals surface area (Å²) in [5.74, 6) is -1.61. The summed E-state index contributed by atoms with van der Waals surface area (Å²) in [7, 11) is 2.87. The minimum absolute atomic E-state index is 0.0232. The van der Waals surface area contributed by atoms with Crippen LogP contribution >= 0.6 is 0 Å². The summed E-state index contributed by atoms with van der Waals surface area (Å²) >= 11 is 0. The van der Waals surface area contributed by atoms with Gasteiger partial charge in [0.2, 0.25) is 0 Å². The van der Waals surface area contributed by atoms with Crippen molar-refractivity contribution >= 4 is 45.8 Å². The lowest BCUT2D eigenvalue weighted by Crippen LogP contribution is -2.31. The maximum absolute atomic E-state index is 12.7. The van der Waals surface area contributed by atoms with Crippen LogP contribution in [0.25, 0.3) is 21.3 Å². The number of benzene rings is 3. The molecule has 1 amide bonds. The second-order valence-corrected chi connectivity index (χ2v) is 9.99. The Labute approximate surface area is 270 Å². The van der Waals surface area contributed by atoms with Crippen LogP contribution in [0.2, 0.25) is 0 Å². The van der Waals surface area contributed by atoms with Crippen LogP contribution in [0.4, 0.5) is 11.4 Å². The van der Waals surface area contributed by atoms with Gasteiger partial charge in [-0.05, 0) is 41.9 Å². The lowest BCUT2D eigenvalue weighted by Gasteiger charge is -2.17. The van der Waals surface area contributed by atoms with Gasteiger partial charge in [-0.2, -0.15) is 0 Å². The molecule has 0 spiro atoms. The molecule has 0 aliphatic carbocycles. The second kappa shape index (κ2) is 17.1. The van der Waals surface area contributed by atoms with Gasteiger partial charge < -0.3 is 33.9 Å². The summed E-state index contributed by atoms with van der Waals surface area (Å²) in [4.78, 5) is 48.6. The number of carbonyl (C=O) groups is 3. The fraction of sp³-hybridized carbons (Fsp3) is 0.273. The van der Waals surface area contributed by atoms with Gasteiger partial charge in [0.25, 0.3) is 5.91 Å². The van der Waals surface area contributed by atoms with E-state index in [2.05, 4.69) is 15.0 Å². The molecule has 47 heavy (non-hydrogen) atoms. The number of esters is 2. The van der Waals surface area contributed by atoms with Gasteiger partial charge in [0.15, 0.2) is 12.5 Å². The number of carbonyl (C=O) groups excluding carboxylic acids is 3. The number of aromatic nitrogens is 1. The van der Waals surface area contributed by atoms with E-state index in [9.17, 15) is 19.5 Å². The van der Waals surface area contributed by atoms with E-state index < -0.39 is 24.5 Å². The molecular weight excluding hydrogens is 608 g/mol. The maximum atomic E-state index is 12.7. The van der Waals surface area contributed by atoms with E-state index in [0.29, 0.717) is 45.7 Å². The van der Waals surface area contributed by atoms with E-state index in [1.807, 2.05) is 30.3 Å². The lowest BCUT2D eigenvalue weighted by atomic mass is 10.00. The van der Waals surface area contributed by atoms with Gasteiger partial charge in [-0.3, -0.25) is 9.59 Å². The highest BCUT2D eigenvalue weighted by atomic mass is 16.5. The number of hydrogen-bond donors (Lipinski definition) is 2. The first kappa shape index (κ1) is 34.2. The minimum Gasteiger partial charge on any atom is -0.494 e. The molecule has 244 valence electrons. The van der Waals surface area contributed by atoms with E-state index in [-0.39, 0.29) is 38.7 Å². The molecule has 0 aliphatic rings. The number of azide groups is 1. The zero-order chi connectivity index (χ0) is 33.6. The van der Waals surface area contributed by atoms with E-state index in [1.165, 1.54) is 12.0 Å². The molecule has 3 aromatic carbocycles. The van der Waals surface area contributed by atoms with Crippen molar-refractivity contribution in [2.75, 3.05) is 58.6 Å². The average Bonchev–Trinajstić information content (AvgIpc) is 3.43. The van der Waals surface area contributed by atoms with Crippen LogP contribution in [0.5, 0.6) is 5.88 Å². The number of fused-ring (bicyclic) bond motifs is 1. The van der Waals surface area contributed by atoms with Crippen molar-refractivity contribution in [1.29, 1.82) is 0 Å². The van der Waals surface area contributed by atoms with Gasteiger partial charge in [-0.15, -0.1) is 0 Å². The predicted molar refractivity (Wildman–Crippen MR) is 174 cm³/mol. The summed E-state index contributed by atoms with van der Waals surface area (Å²) < 4.78 is 20.4. The lowest BCUT2D eigenvalue weighted by molar-refractivity contribution is -0.148. The number of aromatic amines is 1. The van der Waals surface area contributed by atoms with Gasteiger partial charge in [-0.1, -0.05) is 41.5 Å². The Morgan fingerprint density at radius 3 is 2.36 bits per heavy atom. The smallest absolute Gasteiger partial charge is 0.337 e. The second-order valence-electron chi connectivity index (χ2n) is 9.99. The summed E-state index contributed by atoms with van der Waals surface area (Å²) in [6.45, 7) is 0.749. The number of ether oxygens (including phenoxy) is 4. The summed E-state index contributed by atoms with van der Waals surface area (Å²) in [6.07, 6.45) is -0.0232. The highest BCUT2D eigenvalue weighted by molar-refractivity contribution is 6.22. The first-order valence-corrected chi connectivity index (χ1v) is 14.6. The molecule has 0 atom stereocenters. The van der Waals surface area contributed by atoms with Crippen LogP contribution in [-0.4, -0.2) is 87.4 Å². The van der Waals surface area contributed by atoms with Crippen LogP contribution in [0, 0.1) is 0 Å². The number of aliphatic imine (C=N–C) groups is 1. The number of likely N-dealkylation sites (N-methyl/N-ethyl adjacent to an activating group) is 1. The van der Waals surface area contributed by atoms with Crippen molar-refractivity contribution in [3.63, 3.8) is 0 Å². The van der Waals surface area contributed by atoms with E-state index in [1.54, 1.807) is 49.5 Å². The normalized spacial score (nSPS) is 11.1. The molecule has 2 N–H and O–H groups in total. The number of rotatable bonds is 16. The van der Waals surface area contributed by atoms with Gasteiger partial charge in [0.1, 0.15) is 0 Å². The van der Waals surface area contributed by atoms with Crippen molar-refractivity contribution in [2.45, 2.75) is 6.42 Å². The molecule has 0 saturated carbocycles. The Morgan fingerprint density at radius 2 is 1.66 bits per heavy atom. The molecule has 4 rings (SSSR count).